The van der Waals surface area contributed by atoms with Crippen LogP contribution in [0.3, 0.4) is 0 Å². The lowest BCUT2D eigenvalue weighted by Gasteiger charge is -2.41. The number of rotatable bonds is 8. The van der Waals surface area contributed by atoms with Crippen LogP contribution in [0.2, 0.25) is 5.02 Å². The Kier molecular flexibility index (Phi) is 8.87. The van der Waals surface area contributed by atoms with Gasteiger partial charge in [0.25, 0.3) is 0 Å². The van der Waals surface area contributed by atoms with Crippen molar-refractivity contribution in [3.8, 4) is 21.7 Å². The van der Waals surface area contributed by atoms with Crippen molar-refractivity contribution in [1.82, 2.24) is 20.1 Å². The minimum atomic E-state index is -0.913. The van der Waals surface area contributed by atoms with Crippen LogP contribution in [0.5, 0.6) is 0 Å². The average molecular weight is 673 g/mol. The molecule has 8 nitrogen and oxygen atoms in total. The number of carbonyl (C=O) groups excluding carboxylic acids is 1. The first-order chi connectivity index (χ1) is 22.6. The smallest absolute Gasteiger partial charge is 0.339 e. The van der Waals surface area contributed by atoms with E-state index in [0.29, 0.717) is 17.0 Å². The average Bonchev–Trinajstić information content (AvgIpc) is 3.63. The van der Waals surface area contributed by atoms with Gasteiger partial charge in [-0.05, 0) is 108 Å². The lowest BCUT2D eigenvalue weighted by Crippen LogP contribution is -2.51. The summed E-state index contributed by atoms with van der Waals surface area (Å²) in [5, 5.41) is 10.8. The Hall–Kier alpha value is -3.34. The predicted octanol–water partition coefficient (Wildman–Crippen LogP) is 8.47. The SMILES string of the molecule is CCOC(=O)[C@@H](OC(C)(C)C)c1c(C)cc2nc(-c3ccc4n[nH]c(C5CCN(C6COC6)CC5)c4c3)sc2c1-c1ccc(Cl)cc1. The standard InChI is InChI=1S/C37H41ClN4O4S/c1-6-45-36(43)33(46-37(3,4)5)30-21(2)17-29-34(31(30)22-7-10-25(38)11-8-22)47-35(39-29)24-9-12-28-27(18-24)32(41-40-28)23-13-15-42(16-14-23)26-19-44-20-26/h7-12,17-18,23,26,33H,6,13-16,19-20H2,1-5H3,(H,40,41)/t33-/m0/s1. The number of esters is 1. The zero-order valence-corrected chi connectivity index (χ0v) is 29.1. The van der Waals surface area contributed by atoms with E-state index in [1.54, 1.807) is 11.3 Å². The largest absolute Gasteiger partial charge is 0.464 e. The molecule has 1 atom stereocenters. The van der Waals surface area contributed by atoms with Crippen molar-refractivity contribution in [2.45, 2.75) is 71.1 Å². The zero-order valence-electron chi connectivity index (χ0n) is 27.6. The second-order valence-corrected chi connectivity index (χ2v) is 15.0. The van der Waals surface area contributed by atoms with E-state index in [1.807, 2.05) is 58.9 Å². The van der Waals surface area contributed by atoms with Crippen molar-refractivity contribution in [2.75, 3.05) is 32.9 Å². The van der Waals surface area contributed by atoms with Gasteiger partial charge in [0.15, 0.2) is 6.10 Å². The number of hydrogen-bond donors (Lipinski definition) is 1. The Morgan fingerprint density at radius 3 is 2.47 bits per heavy atom. The Morgan fingerprint density at radius 2 is 1.81 bits per heavy atom. The maximum Gasteiger partial charge on any atom is 0.339 e. The molecular weight excluding hydrogens is 632 g/mol. The molecule has 5 aromatic rings. The normalized spacial score (nSPS) is 17.3. The van der Waals surface area contributed by atoms with E-state index >= 15 is 0 Å². The number of halogens is 1. The van der Waals surface area contributed by atoms with Crippen LogP contribution >= 0.6 is 22.9 Å². The minimum Gasteiger partial charge on any atom is -0.464 e. The second-order valence-electron chi connectivity index (χ2n) is 13.6. The maximum atomic E-state index is 13.5. The summed E-state index contributed by atoms with van der Waals surface area (Å²) in [5.74, 6) is 0.0295. The van der Waals surface area contributed by atoms with Crippen molar-refractivity contribution < 1.29 is 19.0 Å². The number of hydrogen-bond acceptors (Lipinski definition) is 8. The second kappa shape index (κ2) is 12.9. The van der Waals surface area contributed by atoms with E-state index < -0.39 is 17.7 Å². The van der Waals surface area contributed by atoms with E-state index in [9.17, 15) is 4.79 Å². The Labute approximate surface area is 284 Å². The van der Waals surface area contributed by atoms with Crippen molar-refractivity contribution >= 4 is 50.0 Å². The monoisotopic (exact) mass is 672 g/mol. The molecule has 1 N–H and O–H groups in total. The lowest BCUT2D eigenvalue weighted by molar-refractivity contribution is -0.166. The van der Waals surface area contributed by atoms with Crippen LogP contribution in [-0.4, -0.2) is 70.6 Å². The van der Waals surface area contributed by atoms with Crippen molar-refractivity contribution in [2.24, 2.45) is 0 Å². The first kappa shape index (κ1) is 32.2. The summed E-state index contributed by atoms with van der Waals surface area (Å²) in [6, 6.07) is 16.8. The topological polar surface area (TPSA) is 89.6 Å². The molecule has 47 heavy (non-hydrogen) atoms. The van der Waals surface area contributed by atoms with Gasteiger partial charge in [0.2, 0.25) is 0 Å². The zero-order chi connectivity index (χ0) is 32.9. The van der Waals surface area contributed by atoms with Gasteiger partial charge >= 0.3 is 5.97 Å². The molecule has 0 saturated carbocycles. The Balaban J connectivity index is 1.32. The highest BCUT2D eigenvalue weighted by Gasteiger charge is 2.34. The molecule has 2 aromatic heterocycles. The number of thiazole rings is 1. The van der Waals surface area contributed by atoms with Crippen LogP contribution in [0.25, 0.3) is 42.8 Å². The highest BCUT2D eigenvalue weighted by atomic mass is 35.5. The van der Waals surface area contributed by atoms with Gasteiger partial charge in [0.1, 0.15) is 5.01 Å². The van der Waals surface area contributed by atoms with Crippen LogP contribution in [0.1, 0.15) is 69.4 Å². The van der Waals surface area contributed by atoms with Crippen molar-refractivity contribution in [3.63, 3.8) is 0 Å². The van der Waals surface area contributed by atoms with Crippen LogP contribution in [0, 0.1) is 6.92 Å². The molecule has 3 aromatic carbocycles. The third-order valence-electron chi connectivity index (χ3n) is 9.20. The number of fused-ring (bicyclic) bond motifs is 2. The van der Waals surface area contributed by atoms with E-state index in [4.69, 9.17) is 30.8 Å². The quantitative estimate of drug-likeness (QED) is 0.165. The van der Waals surface area contributed by atoms with Crippen molar-refractivity contribution in [3.05, 3.63) is 70.4 Å². The van der Waals surface area contributed by atoms with Crippen molar-refractivity contribution in [1.29, 1.82) is 0 Å². The molecule has 2 fully saturated rings. The molecule has 2 saturated heterocycles. The molecule has 2 aliphatic rings. The van der Waals surface area contributed by atoms with E-state index in [-0.39, 0.29) is 6.61 Å². The number of nitrogens with one attached hydrogen (secondary N) is 1. The molecule has 0 unspecified atom stereocenters. The summed E-state index contributed by atoms with van der Waals surface area (Å²) in [7, 11) is 0. The minimum absolute atomic E-state index is 0.262. The fourth-order valence-corrected chi connectivity index (χ4v) is 8.08. The lowest BCUT2D eigenvalue weighted by atomic mass is 9.90. The molecule has 4 heterocycles. The van der Waals surface area contributed by atoms with E-state index in [0.717, 1.165) is 93.1 Å². The number of nitrogens with zero attached hydrogens (tertiary/aromatic N) is 3. The summed E-state index contributed by atoms with van der Waals surface area (Å²) in [4.78, 5) is 21.2. The summed E-state index contributed by atoms with van der Waals surface area (Å²) >= 11 is 7.95. The molecule has 2 aliphatic heterocycles. The molecule has 0 aliphatic carbocycles. The number of benzene rings is 3. The van der Waals surface area contributed by atoms with Gasteiger partial charge in [-0.25, -0.2) is 9.78 Å². The fraction of sp³-hybridized carbons (Fsp3) is 0.432. The van der Waals surface area contributed by atoms with Crippen LogP contribution in [0.15, 0.2) is 48.5 Å². The molecular formula is C37H41ClN4O4S. The Bertz CT molecular complexity index is 1920. The number of aromatic nitrogens is 3. The molecule has 246 valence electrons. The molecule has 0 spiro atoms. The van der Waals surface area contributed by atoms with Crippen LogP contribution in [0.4, 0.5) is 0 Å². The van der Waals surface area contributed by atoms with Gasteiger partial charge in [-0.15, -0.1) is 11.3 Å². The van der Waals surface area contributed by atoms with E-state index in [1.165, 1.54) is 5.69 Å². The molecule has 0 amide bonds. The molecule has 0 bridgehead atoms. The Morgan fingerprint density at radius 1 is 1.09 bits per heavy atom. The molecule has 0 radical (unpaired) electrons. The van der Waals surface area contributed by atoms with Gasteiger partial charge in [0.05, 0.1) is 47.2 Å². The summed E-state index contributed by atoms with van der Waals surface area (Å²) < 4.78 is 18.4. The van der Waals surface area contributed by atoms with Gasteiger partial charge in [-0.3, -0.25) is 10.00 Å². The number of aryl methyl sites for hydroxylation is 1. The number of carbonyl (C=O) groups is 1. The van der Waals surface area contributed by atoms with Gasteiger partial charge in [-0.1, -0.05) is 23.7 Å². The van der Waals surface area contributed by atoms with Gasteiger partial charge in [-0.2, -0.15) is 5.10 Å². The van der Waals surface area contributed by atoms with Gasteiger partial charge < -0.3 is 14.2 Å². The highest BCUT2D eigenvalue weighted by Crippen LogP contribution is 2.45. The summed E-state index contributed by atoms with van der Waals surface area (Å²) in [6.45, 7) is 13.8. The third-order valence-corrected chi connectivity index (χ3v) is 10.6. The first-order valence-electron chi connectivity index (χ1n) is 16.4. The fourth-order valence-electron chi connectivity index (χ4n) is 6.83. The van der Waals surface area contributed by atoms with Crippen LogP contribution < -0.4 is 0 Å². The van der Waals surface area contributed by atoms with Crippen LogP contribution in [-0.2, 0) is 19.0 Å². The summed E-state index contributed by atoms with van der Waals surface area (Å²) in [6.07, 6.45) is 1.29. The number of likely N-dealkylation sites (tertiary alicyclic amines) is 1. The maximum absolute atomic E-state index is 13.5. The number of ether oxygens (including phenoxy) is 3. The number of aromatic amines is 1. The summed E-state index contributed by atoms with van der Waals surface area (Å²) in [5.41, 5.74) is 7.05. The molecule has 7 rings (SSSR count). The number of piperidine rings is 1. The predicted molar refractivity (Wildman–Crippen MR) is 188 cm³/mol. The third kappa shape index (κ3) is 6.44. The molecule has 10 heteroatoms. The van der Waals surface area contributed by atoms with Gasteiger partial charge in [0, 0.05) is 38.7 Å². The highest BCUT2D eigenvalue weighted by molar-refractivity contribution is 7.22. The van der Waals surface area contributed by atoms with E-state index in [2.05, 4.69) is 39.4 Å². The number of H-pyrrole nitrogens is 1. The first-order valence-corrected chi connectivity index (χ1v) is 17.6.